The van der Waals surface area contributed by atoms with E-state index in [-0.39, 0.29) is 23.2 Å². The second-order valence-corrected chi connectivity index (χ2v) is 3.98. The minimum atomic E-state index is -4.51. The van der Waals surface area contributed by atoms with Gasteiger partial charge < -0.3 is 11.1 Å². The molecule has 0 spiro atoms. The van der Waals surface area contributed by atoms with Gasteiger partial charge in [-0.3, -0.25) is 9.78 Å². The molecule has 0 radical (unpaired) electrons. The molecule has 1 aromatic heterocycles. The highest BCUT2D eigenvalue weighted by Crippen LogP contribution is 2.32. The van der Waals surface area contributed by atoms with Crippen molar-refractivity contribution < 1.29 is 18.0 Å². The Morgan fingerprint density at radius 3 is 2.61 bits per heavy atom. The normalized spacial score (nSPS) is 13.2. The molecule has 100 valence electrons. The van der Waals surface area contributed by atoms with Gasteiger partial charge in [0.2, 0.25) is 5.91 Å². The number of aromatic nitrogens is 1. The van der Waals surface area contributed by atoms with E-state index in [1.807, 2.05) is 0 Å². The zero-order valence-corrected chi connectivity index (χ0v) is 10.1. The Kier molecular flexibility index (Phi) is 4.53. The minimum Gasteiger partial charge on any atom is -0.347 e. The fraction of sp³-hybridized carbons (Fsp3) is 0.400. The van der Waals surface area contributed by atoms with Crippen LogP contribution in [0.1, 0.15) is 24.2 Å². The van der Waals surface area contributed by atoms with E-state index >= 15 is 0 Å². The lowest BCUT2D eigenvalue weighted by atomic mass is 10.1. The summed E-state index contributed by atoms with van der Waals surface area (Å²) in [6.07, 6.45) is -3.85. The van der Waals surface area contributed by atoms with Crippen LogP contribution in [0.15, 0.2) is 12.3 Å². The summed E-state index contributed by atoms with van der Waals surface area (Å²) in [4.78, 5) is 14.5. The first-order valence-corrected chi connectivity index (χ1v) is 5.33. The molecule has 0 saturated heterocycles. The number of rotatable bonds is 3. The molecular weight excluding hydrogens is 271 g/mol. The summed E-state index contributed by atoms with van der Waals surface area (Å²) < 4.78 is 37.2. The smallest absolute Gasteiger partial charge is 0.347 e. The van der Waals surface area contributed by atoms with E-state index < -0.39 is 17.8 Å². The number of carbonyl (C=O) groups is 1. The Balaban J connectivity index is 3.07. The molecule has 18 heavy (non-hydrogen) atoms. The van der Waals surface area contributed by atoms with Gasteiger partial charge in [0.1, 0.15) is 0 Å². The summed E-state index contributed by atoms with van der Waals surface area (Å²) in [5, 5.41) is 2.27. The van der Waals surface area contributed by atoms with Crippen LogP contribution in [0.3, 0.4) is 0 Å². The molecule has 0 aromatic carbocycles. The fourth-order valence-corrected chi connectivity index (χ4v) is 1.64. The summed E-state index contributed by atoms with van der Waals surface area (Å²) >= 11 is 5.72. The summed E-state index contributed by atoms with van der Waals surface area (Å²) in [5.41, 5.74) is 4.57. The number of nitrogens with one attached hydrogen (secondary N) is 1. The summed E-state index contributed by atoms with van der Waals surface area (Å²) in [6.45, 7) is 1.25. The van der Waals surface area contributed by atoms with Gasteiger partial charge in [-0.25, -0.2) is 0 Å². The third kappa shape index (κ3) is 3.58. The predicted molar refractivity (Wildman–Crippen MR) is 59.9 cm³/mol. The SMILES string of the molecule is CC(=O)NC(CN)c1ncc(C(F)(F)F)cc1Cl. The van der Waals surface area contributed by atoms with Crippen molar-refractivity contribution in [2.75, 3.05) is 6.54 Å². The van der Waals surface area contributed by atoms with E-state index in [1.165, 1.54) is 6.92 Å². The van der Waals surface area contributed by atoms with E-state index in [4.69, 9.17) is 17.3 Å². The minimum absolute atomic E-state index is 0.0162. The lowest BCUT2D eigenvalue weighted by molar-refractivity contribution is -0.137. The number of nitrogens with two attached hydrogens (primary N) is 1. The molecule has 8 heteroatoms. The van der Waals surface area contributed by atoms with Crippen molar-refractivity contribution in [2.24, 2.45) is 5.73 Å². The molecule has 0 saturated carbocycles. The van der Waals surface area contributed by atoms with Gasteiger partial charge in [0.25, 0.3) is 0 Å². The van der Waals surface area contributed by atoms with Crippen molar-refractivity contribution in [3.05, 3.63) is 28.5 Å². The molecule has 1 aromatic rings. The van der Waals surface area contributed by atoms with Crippen LogP contribution in [-0.2, 0) is 11.0 Å². The maximum Gasteiger partial charge on any atom is 0.417 e. The van der Waals surface area contributed by atoms with Crippen LogP contribution in [0.2, 0.25) is 5.02 Å². The van der Waals surface area contributed by atoms with E-state index in [0.29, 0.717) is 6.20 Å². The number of nitrogens with zero attached hydrogens (tertiary/aromatic N) is 1. The van der Waals surface area contributed by atoms with Crippen LogP contribution in [0.4, 0.5) is 13.2 Å². The summed E-state index contributed by atoms with van der Waals surface area (Å²) in [5.74, 6) is -0.372. The maximum absolute atomic E-state index is 12.4. The van der Waals surface area contributed by atoms with Crippen molar-refractivity contribution in [3.63, 3.8) is 0 Å². The number of pyridine rings is 1. The lowest BCUT2D eigenvalue weighted by Gasteiger charge is -2.17. The van der Waals surface area contributed by atoms with E-state index in [0.717, 1.165) is 6.07 Å². The molecule has 1 rings (SSSR count). The maximum atomic E-state index is 12.4. The molecule has 0 aliphatic heterocycles. The molecule has 1 amide bonds. The quantitative estimate of drug-likeness (QED) is 0.889. The van der Waals surface area contributed by atoms with Crippen LogP contribution >= 0.6 is 11.6 Å². The van der Waals surface area contributed by atoms with E-state index in [1.54, 1.807) is 0 Å². The first-order valence-electron chi connectivity index (χ1n) is 4.95. The number of carbonyl (C=O) groups excluding carboxylic acids is 1. The monoisotopic (exact) mass is 281 g/mol. The van der Waals surface area contributed by atoms with Gasteiger partial charge in [-0.2, -0.15) is 13.2 Å². The zero-order chi connectivity index (χ0) is 13.9. The number of hydrogen-bond acceptors (Lipinski definition) is 3. The number of hydrogen-bond donors (Lipinski definition) is 2. The average molecular weight is 282 g/mol. The van der Waals surface area contributed by atoms with Gasteiger partial charge in [-0.05, 0) is 6.07 Å². The van der Waals surface area contributed by atoms with Gasteiger partial charge in [0, 0.05) is 19.7 Å². The zero-order valence-electron chi connectivity index (χ0n) is 9.38. The lowest BCUT2D eigenvalue weighted by Crippen LogP contribution is -2.32. The highest BCUT2D eigenvalue weighted by Gasteiger charge is 2.32. The van der Waals surface area contributed by atoms with Crippen LogP contribution < -0.4 is 11.1 Å². The molecule has 1 atom stereocenters. The van der Waals surface area contributed by atoms with Gasteiger partial charge in [-0.15, -0.1) is 0 Å². The van der Waals surface area contributed by atoms with Crippen LogP contribution in [-0.4, -0.2) is 17.4 Å². The molecule has 0 aliphatic rings. The van der Waals surface area contributed by atoms with Crippen molar-refractivity contribution in [1.82, 2.24) is 10.3 Å². The molecular formula is C10H11ClF3N3O. The Bertz CT molecular complexity index is 450. The highest BCUT2D eigenvalue weighted by molar-refractivity contribution is 6.31. The van der Waals surface area contributed by atoms with Crippen molar-refractivity contribution in [3.8, 4) is 0 Å². The highest BCUT2D eigenvalue weighted by atomic mass is 35.5. The molecule has 1 unspecified atom stereocenters. The molecule has 0 aliphatic carbocycles. The fourth-order valence-electron chi connectivity index (χ4n) is 1.34. The first-order chi connectivity index (χ1) is 8.25. The Labute approximate surface area is 106 Å². The van der Waals surface area contributed by atoms with Crippen molar-refractivity contribution >= 4 is 17.5 Å². The number of alkyl halides is 3. The van der Waals surface area contributed by atoms with Crippen LogP contribution in [0.25, 0.3) is 0 Å². The van der Waals surface area contributed by atoms with Gasteiger partial charge in [-0.1, -0.05) is 11.6 Å². The average Bonchev–Trinajstić information content (AvgIpc) is 2.24. The molecule has 4 nitrogen and oxygen atoms in total. The topological polar surface area (TPSA) is 68.0 Å². The number of halogens is 4. The molecule has 3 N–H and O–H groups in total. The van der Waals surface area contributed by atoms with Gasteiger partial charge in [0.05, 0.1) is 22.3 Å². The third-order valence-corrected chi connectivity index (χ3v) is 2.44. The molecule has 0 bridgehead atoms. The van der Waals surface area contributed by atoms with E-state index in [9.17, 15) is 18.0 Å². The summed E-state index contributed by atoms with van der Waals surface area (Å²) in [7, 11) is 0. The second kappa shape index (κ2) is 5.53. The Hall–Kier alpha value is -1.34. The second-order valence-electron chi connectivity index (χ2n) is 3.58. The van der Waals surface area contributed by atoms with Crippen molar-refractivity contribution in [2.45, 2.75) is 19.1 Å². The predicted octanol–water partition coefficient (Wildman–Crippen LogP) is 1.89. The molecule has 1 heterocycles. The Morgan fingerprint density at radius 2 is 2.22 bits per heavy atom. The van der Waals surface area contributed by atoms with Gasteiger partial charge >= 0.3 is 6.18 Å². The first kappa shape index (κ1) is 14.7. The third-order valence-electron chi connectivity index (χ3n) is 2.14. The largest absolute Gasteiger partial charge is 0.417 e. The Morgan fingerprint density at radius 1 is 1.61 bits per heavy atom. The van der Waals surface area contributed by atoms with Crippen molar-refractivity contribution in [1.29, 1.82) is 0 Å². The van der Waals surface area contributed by atoms with Gasteiger partial charge in [0.15, 0.2) is 0 Å². The van der Waals surface area contributed by atoms with Crippen LogP contribution in [0.5, 0.6) is 0 Å². The summed E-state index contributed by atoms with van der Waals surface area (Å²) in [6, 6.07) is 0.0475. The molecule has 0 fully saturated rings. The van der Waals surface area contributed by atoms with Crippen LogP contribution in [0, 0.1) is 0 Å². The number of amides is 1. The standard InChI is InChI=1S/C10H11ClF3N3O/c1-5(18)17-8(3-15)9-7(11)2-6(4-16-9)10(12,13)14/h2,4,8H,3,15H2,1H3,(H,17,18). The van der Waals surface area contributed by atoms with E-state index in [2.05, 4.69) is 10.3 Å².